The summed E-state index contributed by atoms with van der Waals surface area (Å²) in [5.41, 5.74) is 0. The zero-order valence-electron chi connectivity index (χ0n) is 10.7. The van der Waals surface area contributed by atoms with Crippen molar-refractivity contribution in [1.29, 1.82) is 0 Å². The number of ether oxygens (including phenoxy) is 1. The lowest BCUT2D eigenvalue weighted by Crippen LogP contribution is -2.34. The van der Waals surface area contributed by atoms with Crippen molar-refractivity contribution >= 4 is 5.97 Å². The molecular formula is C14H24O3. The first-order chi connectivity index (χ1) is 8.24. The van der Waals surface area contributed by atoms with Crippen LogP contribution in [0.5, 0.6) is 0 Å². The molecule has 0 saturated carbocycles. The Kier molecular flexibility index (Phi) is 6.94. The summed E-state index contributed by atoms with van der Waals surface area (Å²) in [5.74, 6) is -0.174. The molecule has 3 heteroatoms. The standard InChI is InChI=1S/C14H24O3/c1-2-3-4-5-6-7-9-12(15)13-10-8-11-14(16)17-13/h6-7,12-13,15H,2-5,8-11H2,1H3/b7-6-/t12-,13+/m0/s1. The minimum Gasteiger partial charge on any atom is -0.460 e. The van der Waals surface area contributed by atoms with Gasteiger partial charge in [0.1, 0.15) is 6.10 Å². The van der Waals surface area contributed by atoms with Crippen LogP contribution < -0.4 is 0 Å². The van der Waals surface area contributed by atoms with E-state index < -0.39 is 6.10 Å². The van der Waals surface area contributed by atoms with Crippen molar-refractivity contribution < 1.29 is 14.6 Å². The highest BCUT2D eigenvalue weighted by Gasteiger charge is 2.26. The number of rotatable bonds is 7. The summed E-state index contributed by atoms with van der Waals surface area (Å²) in [6.07, 6.45) is 10.8. The Morgan fingerprint density at radius 2 is 2.29 bits per heavy atom. The van der Waals surface area contributed by atoms with Crippen LogP contribution in [0.15, 0.2) is 12.2 Å². The molecule has 98 valence electrons. The van der Waals surface area contributed by atoms with Crippen LogP contribution in [0.2, 0.25) is 0 Å². The van der Waals surface area contributed by atoms with E-state index in [1.54, 1.807) is 0 Å². The maximum absolute atomic E-state index is 11.1. The fourth-order valence-electron chi connectivity index (χ4n) is 2.02. The monoisotopic (exact) mass is 240 g/mol. The molecule has 17 heavy (non-hydrogen) atoms. The van der Waals surface area contributed by atoms with Crippen LogP contribution in [0.3, 0.4) is 0 Å². The predicted molar refractivity (Wildman–Crippen MR) is 67.6 cm³/mol. The summed E-state index contributed by atoms with van der Waals surface area (Å²) in [4.78, 5) is 11.1. The van der Waals surface area contributed by atoms with Crippen LogP contribution >= 0.6 is 0 Å². The van der Waals surface area contributed by atoms with E-state index in [2.05, 4.69) is 13.0 Å². The minimum absolute atomic E-state index is 0.174. The van der Waals surface area contributed by atoms with E-state index in [4.69, 9.17) is 4.74 Å². The summed E-state index contributed by atoms with van der Waals surface area (Å²) in [5, 5.41) is 9.87. The second-order valence-electron chi connectivity index (χ2n) is 4.69. The van der Waals surface area contributed by atoms with E-state index >= 15 is 0 Å². The molecule has 0 bridgehead atoms. The zero-order valence-corrected chi connectivity index (χ0v) is 10.7. The molecule has 1 heterocycles. The van der Waals surface area contributed by atoms with Crippen molar-refractivity contribution in [1.82, 2.24) is 0 Å². The molecule has 0 aromatic rings. The van der Waals surface area contributed by atoms with Gasteiger partial charge in [-0.15, -0.1) is 0 Å². The average molecular weight is 240 g/mol. The van der Waals surface area contributed by atoms with Gasteiger partial charge in [0, 0.05) is 6.42 Å². The Morgan fingerprint density at radius 1 is 1.47 bits per heavy atom. The van der Waals surface area contributed by atoms with Crippen molar-refractivity contribution in [2.75, 3.05) is 0 Å². The molecule has 1 aliphatic rings. The number of aliphatic hydroxyl groups is 1. The van der Waals surface area contributed by atoms with Crippen molar-refractivity contribution in [3.8, 4) is 0 Å². The third-order valence-corrected chi connectivity index (χ3v) is 3.10. The van der Waals surface area contributed by atoms with E-state index in [1.165, 1.54) is 19.3 Å². The van der Waals surface area contributed by atoms with Crippen molar-refractivity contribution in [2.45, 2.75) is 70.5 Å². The highest BCUT2D eigenvalue weighted by molar-refractivity contribution is 5.70. The number of aliphatic hydroxyl groups excluding tert-OH is 1. The summed E-state index contributed by atoms with van der Waals surface area (Å²) in [7, 11) is 0. The quantitative estimate of drug-likeness (QED) is 0.423. The van der Waals surface area contributed by atoms with E-state index in [9.17, 15) is 9.90 Å². The zero-order chi connectivity index (χ0) is 12.5. The van der Waals surface area contributed by atoms with Crippen LogP contribution in [0.1, 0.15) is 58.3 Å². The van der Waals surface area contributed by atoms with Gasteiger partial charge in [-0.3, -0.25) is 4.79 Å². The molecule has 1 aliphatic heterocycles. The topological polar surface area (TPSA) is 46.5 Å². The largest absolute Gasteiger partial charge is 0.460 e. The molecule has 0 aromatic carbocycles. The van der Waals surface area contributed by atoms with Gasteiger partial charge in [0.15, 0.2) is 0 Å². The number of carbonyl (C=O) groups is 1. The molecule has 1 N–H and O–H groups in total. The van der Waals surface area contributed by atoms with Crippen molar-refractivity contribution in [3.63, 3.8) is 0 Å². The molecule has 0 aliphatic carbocycles. The van der Waals surface area contributed by atoms with E-state index in [-0.39, 0.29) is 12.1 Å². The molecule has 0 radical (unpaired) electrons. The van der Waals surface area contributed by atoms with Gasteiger partial charge in [-0.05, 0) is 32.1 Å². The Bertz CT molecular complexity index is 248. The van der Waals surface area contributed by atoms with Gasteiger partial charge in [-0.1, -0.05) is 31.9 Å². The first kappa shape index (κ1) is 14.2. The summed E-state index contributed by atoms with van der Waals surface area (Å²) in [6, 6.07) is 0. The number of carbonyl (C=O) groups excluding carboxylic acids is 1. The van der Waals surface area contributed by atoms with Gasteiger partial charge in [0.05, 0.1) is 6.10 Å². The maximum Gasteiger partial charge on any atom is 0.306 e. The highest BCUT2D eigenvalue weighted by atomic mass is 16.6. The SMILES string of the molecule is CCCCC/C=C\C[C@H](O)[C@H]1CCCC(=O)O1. The number of unbranched alkanes of at least 4 members (excludes halogenated alkanes) is 3. The third-order valence-electron chi connectivity index (χ3n) is 3.10. The molecule has 0 amide bonds. The minimum atomic E-state index is -0.540. The van der Waals surface area contributed by atoms with Crippen LogP contribution in [-0.2, 0) is 9.53 Å². The van der Waals surface area contributed by atoms with Crippen LogP contribution in [-0.4, -0.2) is 23.3 Å². The number of esters is 1. The smallest absolute Gasteiger partial charge is 0.306 e. The second kappa shape index (κ2) is 8.29. The fraction of sp³-hybridized carbons (Fsp3) is 0.786. The Labute approximate surface area is 104 Å². The van der Waals surface area contributed by atoms with Gasteiger partial charge in [0.25, 0.3) is 0 Å². The second-order valence-corrected chi connectivity index (χ2v) is 4.69. The van der Waals surface area contributed by atoms with Gasteiger partial charge in [-0.2, -0.15) is 0 Å². The van der Waals surface area contributed by atoms with E-state index in [0.29, 0.717) is 12.8 Å². The molecule has 1 rings (SSSR count). The lowest BCUT2D eigenvalue weighted by atomic mass is 10.0. The summed E-state index contributed by atoms with van der Waals surface area (Å²) in [6.45, 7) is 2.19. The van der Waals surface area contributed by atoms with Crippen molar-refractivity contribution in [3.05, 3.63) is 12.2 Å². The number of allylic oxidation sites excluding steroid dienone is 1. The normalized spacial score (nSPS) is 22.7. The molecule has 0 unspecified atom stereocenters. The van der Waals surface area contributed by atoms with E-state index in [1.807, 2.05) is 6.08 Å². The lowest BCUT2D eigenvalue weighted by Gasteiger charge is -2.25. The van der Waals surface area contributed by atoms with Gasteiger partial charge >= 0.3 is 5.97 Å². The Morgan fingerprint density at radius 3 is 3.00 bits per heavy atom. The average Bonchev–Trinajstić information content (AvgIpc) is 2.33. The number of hydrogen-bond donors (Lipinski definition) is 1. The molecule has 2 atom stereocenters. The molecule has 0 aromatic heterocycles. The van der Waals surface area contributed by atoms with Crippen LogP contribution in [0.25, 0.3) is 0 Å². The van der Waals surface area contributed by atoms with Gasteiger partial charge in [-0.25, -0.2) is 0 Å². The van der Waals surface area contributed by atoms with Crippen molar-refractivity contribution in [2.24, 2.45) is 0 Å². The molecule has 0 spiro atoms. The maximum atomic E-state index is 11.1. The number of hydrogen-bond acceptors (Lipinski definition) is 3. The first-order valence-corrected chi connectivity index (χ1v) is 6.76. The summed E-state index contributed by atoms with van der Waals surface area (Å²) >= 11 is 0. The van der Waals surface area contributed by atoms with Gasteiger partial charge in [0.2, 0.25) is 0 Å². The third kappa shape index (κ3) is 5.87. The van der Waals surface area contributed by atoms with Gasteiger partial charge < -0.3 is 9.84 Å². The first-order valence-electron chi connectivity index (χ1n) is 6.76. The Hall–Kier alpha value is -0.830. The van der Waals surface area contributed by atoms with Crippen LogP contribution in [0.4, 0.5) is 0 Å². The highest BCUT2D eigenvalue weighted by Crippen LogP contribution is 2.19. The van der Waals surface area contributed by atoms with Crippen LogP contribution in [0, 0.1) is 0 Å². The molecular weight excluding hydrogens is 216 g/mol. The molecule has 3 nitrogen and oxygen atoms in total. The fourth-order valence-corrected chi connectivity index (χ4v) is 2.02. The Balaban J connectivity index is 2.15. The summed E-state index contributed by atoms with van der Waals surface area (Å²) < 4.78 is 5.12. The molecule has 1 fully saturated rings. The van der Waals surface area contributed by atoms with E-state index in [0.717, 1.165) is 19.3 Å². The number of cyclic esters (lactones) is 1. The lowest BCUT2D eigenvalue weighted by molar-refractivity contribution is -0.160. The predicted octanol–water partition coefficient (Wildman–Crippen LogP) is 2.97. The molecule has 1 saturated heterocycles.